The molecule has 0 radical (unpaired) electrons. The van der Waals surface area contributed by atoms with Crippen LogP contribution in [0.3, 0.4) is 0 Å². The van der Waals surface area contributed by atoms with E-state index in [2.05, 4.69) is 10.3 Å². The van der Waals surface area contributed by atoms with Gasteiger partial charge < -0.3 is 15.2 Å². The molecule has 126 valence electrons. The Morgan fingerprint density at radius 1 is 1.30 bits per heavy atom. The molecule has 0 aliphatic carbocycles. The van der Waals surface area contributed by atoms with Crippen molar-refractivity contribution in [2.75, 3.05) is 6.54 Å². The quantitative estimate of drug-likeness (QED) is 0.775. The van der Waals surface area contributed by atoms with E-state index in [0.717, 1.165) is 23.0 Å². The molecule has 2 N–H and O–H groups in total. The van der Waals surface area contributed by atoms with E-state index in [-0.39, 0.29) is 5.92 Å². The zero-order chi connectivity index (χ0) is 16.9. The highest BCUT2D eigenvalue weighted by molar-refractivity contribution is 7.09. The van der Waals surface area contributed by atoms with Gasteiger partial charge in [0.15, 0.2) is 0 Å². The largest absolute Gasteiger partial charge is 0.487 e. The van der Waals surface area contributed by atoms with Gasteiger partial charge in [0.1, 0.15) is 12.4 Å². The van der Waals surface area contributed by atoms with Gasteiger partial charge in [0, 0.05) is 18.5 Å². The van der Waals surface area contributed by atoms with Gasteiger partial charge in [-0.2, -0.15) is 0 Å². The van der Waals surface area contributed by atoms with E-state index in [4.69, 9.17) is 4.74 Å². The molecule has 0 bridgehead atoms. The molecule has 0 aliphatic heterocycles. The molecule has 0 saturated carbocycles. The summed E-state index contributed by atoms with van der Waals surface area (Å²) in [5.74, 6) is 1.06. The number of aryl methyl sites for hydroxylation is 1. The lowest BCUT2D eigenvalue weighted by Gasteiger charge is -2.28. The zero-order valence-corrected chi connectivity index (χ0v) is 15.1. The van der Waals surface area contributed by atoms with Crippen molar-refractivity contribution in [1.29, 1.82) is 0 Å². The Bertz CT molecular complexity index is 606. The van der Waals surface area contributed by atoms with Crippen molar-refractivity contribution < 1.29 is 9.84 Å². The van der Waals surface area contributed by atoms with E-state index in [1.165, 1.54) is 5.56 Å². The van der Waals surface area contributed by atoms with Gasteiger partial charge >= 0.3 is 0 Å². The van der Waals surface area contributed by atoms with Crippen molar-refractivity contribution in [2.45, 2.75) is 46.4 Å². The SMILES string of the molecule is Cc1nc(COc2ccc(CNCC(C)(O)C(C)C)cc2)cs1. The fourth-order valence-electron chi connectivity index (χ4n) is 2.00. The van der Waals surface area contributed by atoms with E-state index < -0.39 is 5.60 Å². The lowest BCUT2D eigenvalue weighted by Crippen LogP contribution is -2.41. The summed E-state index contributed by atoms with van der Waals surface area (Å²) in [5.41, 5.74) is 1.45. The van der Waals surface area contributed by atoms with Gasteiger partial charge in [-0.05, 0) is 37.5 Å². The Hall–Kier alpha value is -1.43. The molecule has 0 amide bonds. The van der Waals surface area contributed by atoms with E-state index in [1.807, 2.05) is 57.3 Å². The standard InChI is InChI=1S/C18H26N2O2S/c1-13(2)18(4,21)12-19-9-15-5-7-17(8-6-15)22-10-16-11-23-14(3)20-16/h5-8,11,13,19,21H,9-10,12H2,1-4H3. The number of nitrogens with zero attached hydrogens (tertiary/aromatic N) is 1. The molecule has 1 aromatic carbocycles. The van der Waals surface area contributed by atoms with Crippen molar-refractivity contribution in [2.24, 2.45) is 5.92 Å². The molecular weight excluding hydrogens is 308 g/mol. The van der Waals surface area contributed by atoms with Crippen LogP contribution in [0.5, 0.6) is 5.75 Å². The van der Waals surface area contributed by atoms with Crippen LogP contribution in [0.15, 0.2) is 29.6 Å². The smallest absolute Gasteiger partial charge is 0.131 e. The maximum Gasteiger partial charge on any atom is 0.131 e. The van der Waals surface area contributed by atoms with Crippen LogP contribution in [0.2, 0.25) is 0 Å². The molecule has 1 heterocycles. The second kappa shape index (κ2) is 7.90. The first-order valence-electron chi connectivity index (χ1n) is 7.92. The summed E-state index contributed by atoms with van der Waals surface area (Å²) < 4.78 is 5.73. The van der Waals surface area contributed by atoms with Gasteiger partial charge in [0.25, 0.3) is 0 Å². The molecule has 4 nitrogen and oxygen atoms in total. The summed E-state index contributed by atoms with van der Waals surface area (Å²) in [5, 5.41) is 16.6. The molecule has 2 aromatic rings. The van der Waals surface area contributed by atoms with Crippen LogP contribution in [-0.4, -0.2) is 22.2 Å². The summed E-state index contributed by atoms with van der Waals surface area (Å²) in [6, 6.07) is 8.02. The maximum absolute atomic E-state index is 10.2. The Labute approximate surface area is 142 Å². The van der Waals surface area contributed by atoms with Crippen molar-refractivity contribution in [1.82, 2.24) is 10.3 Å². The normalized spacial score (nSPS) is 14.0. The highest BCUT2D eigenvalue weighted by Gasteiger charge is 2.23. The third kappa shape index (κ3) is 5.61. The van der Waals surface area contributed by atoms with Gasteiger partial charge in [-0.15, -0.1) is 11.3 Å². The molecule has 1 unspecified atom stereocenters. The minimum absolute atomic E-state index is 0.222. The molecule has 0 fully saturated rings. The summed E-state index contributed by atoms with van der Waals surface area (Å²) in [6.45, 7) is 9.71. The van der Waals surface area contributed by atoms with Crippen LogP contribution in [0, 0.1) is 12.8 Å². The minimum Gasteiger partial charge on any atom is -0.487 e. The number of rotatable bonds is 8. The Morgan fingerprint density at radius 2 is 2.00 bits per heavy atom. The Morgan fingerprint density at radius 3 is 2.57 bits per heavy atom. The predicted octanol–water partition coefficient (Wildman–Crippen LogP) is 3.53. The van der Waals surface area contributed by atoms with Crippen LogP contribution in [0.1, 0.15) is 37.0 Å². The number of nitrogens with one attached hydrogen (secondary N) is 1. The van der Waals surface area contributed by atoms with Crippen molar-refractivity contribution in [3.8, 4) is 5.75 Å². The number of ether oxygens (including phenoxy) is 1. The van der Waals surface area contributed by atoms with Crippen molar-refractivity contribution in [3.05, 3.63) is 45.9 Å². The molecule has 1 atom stereocenters. The molecule has 1 aromatic heterocycles. The summed E-state index contributed by atoms with van der Waals surface area (Å²) >= 11 is 1.64. The Balaban J connectivity index is 1.78. The molecule has 0 spiro atoms. The average Bonchev–Trinajstić information content (AvgIpc) is 2.92. The first kappa shape index (κ1) is 17.9. The van der Waals surface area contributed by atoms with Gasteiger partial charge in [-0.3, -0.25) is 0 Å². The van der Waals surface area contributed by atoms with Gasteiger partial charge in [-0.25, -0.2) is 4.98 Å². The lowest BCUT2D eigenvalue weighted by atomic mass is 9.92. The van der Waals surface area contributed by atoms with Gasteiger partial charge in [0.2, 0.25) is 0 Å². The first-order chi connectivity index (χ1) is 10.9. The van der Waals surface area contributed by atoms with E-state index in [9.17, 15) is 5.11 Å². The third-order valence-electron chi connectivity index (χ3n) is 4.03. The number of benzene rings is 1. The van der Waals surface area contributed by atoms with Crippen LogP contribution >= 0.6 is 11.3 Å². The predicted molar refractivity (Wildman–Crippen MR) is 94.8 cm³/mol. The third-order valence-corrected chi connectivity index (χ3v) is 4.85. The Kier molecular flexibility index (Phi) is 6.16. The number of aliphatic hydroxyl groups is 1. The van der Waals surface area contributed by atoms with Crippen molar-refractivity contribution >= 4 is 11.3 Å². The molecule has 0 aliphatic rings. The zero-order valence-electron chi connectivity index (χ0n) is 14.3. The molecule has 23 heavy (non-hydrogen) atoms. The van der Waals surface area contributed by atoms with E-state index in [1.54, 1.807) is 11.3 Å². The van der Waals surface area contributed by atoms with Crippen LogP contribution in [0.25, 0.3) is 0 Å². The van der Waals surface area contributed by atoms with Crippen molar-refractivity contribution in [3.63, 3.8) is 0 Å². The minimum atomic E-state index is -0.686. The van der Waals surface area contributed by atoms with Gasteiger partial charge in [-0.1, -0.05) is 26.0 Å². The molecule has 5 heteroatoms. The van der Waals surface area contributed by atoms with Crippen LogP contribution in [-0.2, 0) is 13.2 Å². The molecule has 2 rings (SSSR count). The molecular formula is C18H26N2O2S. The monoisotopic (exact) mass is 334 g/mol. The highest BCUT2D eigenvalue weighted by Crippen LogP contribution is 2.17. The fourth-order valence-corrected chi connectivity index (χ4v) is 2.60. The maximum atomic E-state index is 10.2. The first-order valence-corrected chi connectivity index (χ1v) is 8.80. The summed E-state index contributed by atoms with van der Waals surface area (Å²) in [7, 11) is 0. The number of hydrogen-bond acceptors (Lipinski definition) is 5. The molecule has 0 saturated heterocycles. The van der Waals surface area contributed by atoms with Gasteiger partial charge in [0.05, 0.1) is 16.3 Å². The second-order valence-electron chi connectivity index (χ2n) is 6.41. The summed E-state index contributed by atoms with van der Waals surface area (Å²) in [4.78, 5) is 4.38. The van der Waals surface area contributed by atoms with Crippen LogP contribution in [0.4, 0.5) is 0 Å². The number of aromatic nitrogens is 1. The number of thiazole rings is 1. The summed E-state index contributed by atoms with van der Waals surface area (Å²) in [6.07, 6.45) is 0. The average molecular weight is 334 g/mol. The fraction of sp³-hybridized carbons (Fsp3) is 0.500. The second-order valence-corrected chi connectivity index (χ2v) is 7.47. The number of hydrogen-bond donors (Lipinski definition) is 2. The van der Waals surface area contributed by atoms with E-state index >= 15 is 0 Å². The highest BCUT2D eigenvalue weighted by atomic mass is 32.1. The lowest BCUT2D eigenvalue weighted by molar-refractivity contribution is 0.0140. The van der Waals surface area contributed by atoms with Crippen LogP contribution < -0.4 is 10.1 Å². The topological polar surface area (TPSA) is 54.4 Å². The van der Waals surface area contributed by atoms with E-state index in [0.29, 0.717) is 13.2 Å².